The Morgan fingerprint density at radius 2 is 1.74 bits per heavy atom. The third kappa shape index (κ3) is 7.24. The summed E-state index contributed by atoms with van der Waals surface area (Å²) in [6.45, 7) is 7.19. The molecule has 0 spiro atoms. The van der Waals surface area contributed by atoms with Gasteiger partial charge in [0, 0.05) is 17.1 Å². The van der Waals surface area contributed by atoms with Gasteiger partial charge < -0.3 is 19.5 Å². The molecule has 1 N–H and O–H groups in total. The van der Waals surface area contributed by atoms with E-state index in [1.165, 1.54) is 11.8 Å². The quantitative estimate of drug-likeness (QED) is 0.230. The Bertz CT molecular complexity index is 1010. The van der Waals surface area contributed by atoms with Gasteiger partial charge in [0.1, 0.15) is 11.7 Å². The number of carbonyl (C=O) groups is 3. The molecule has 2 aromatic rings. The summed E-state index contributed by atoms with van der Waals surface area (Å²) >= 11 is 1.40. The number of ether oxygens (including phenoxy) is 3. The number of amides is 1. The molecule has 2 aromatic carbocycles. The summed E-state index contributed by atoms with van der Waals surface area (Å²) in [6, 6.07) is 18.5. The molecule has 1 fully saturated rings. The Balaban J connectivity index is 1.85. The summed E-state index contributed by atoms with van der Waals surface area (Å²) in [5.74, 6) is -1.06. The molecular formula is C27H33NO6S. The average Bonchev–Trinajstić information content (AvgIpc) is 3.15. The molecule has 3 atom stereocenters. The van der Waals surface area contributed by atoms with Gasteiger partial charge in [0.2, 0.25) is 0 Å². The minimum atomic E-state index is -1.47. The number of esters is 2. The molecule has 35 heavy (non-hydrogen) atoms. The Morgan fingerprint density at radius 1 is 1.11 bits per heavy atom. The first kappa shape index (κ1) is 26.6. The van der Waals surface area contributed by atoms with Crippen molar-refractivity contribution < 1.29 is 28.6 Å². The second-order valence-electron chi connectivity index (χ2n) is 9.49. The van der Waals surface area contributed by atoms with Gasteiger partial charge in [-0.3, -0.25) is 9.59 Å². The summed E-state index contributed by atoms with van der Waals surface area (Å²) in [5.41, 5.74) is -1.20. The number of benzene rings is 2. The van der Waals surface area contributed by atoms with Crippen molar-refractivity contribution in [3.63, 3.8) is 0 Å². The van der Waals surface area contributed by atoms with Crippen molar-refractivity contribution in [2.24, 2.45) is 5.41 Å². The highest BCUT2D eigenvalue weighted by molar-refractivity contribution is 7.99. The van der Waals surface area contributed by atoms with Gasteiger partial charge in [-0.25, -0.2) is 4.79 Å². The Hall–Kier alpha value is -3.00. The van der Waals surface area contributed by atoms with Crippen LogP contribution in [0, 0.1) is 5.41 Å². The van der Waals surface area contributed by atoms with Crippen molar-refractivity contribution in [3.05, 3.63) is 66.2 Å². The molecular weight excluding hydrogens is 466 g/mol. The van der Waals surface area contributed by atoms with Gasteiger partial charge in [-0.15, -0.1) is 11.8 Å². The molecule has 1 amide bonds. The smallest absolute Gasteiger partial charge is 0.408 e. The van der Waals surface area contributed by atoms with Gasteiger partial charge in [-0.1, -0.05) is 48.5 Å². The van der Waals surface area contributed by atoms with Crippen LogP contribution in [0.1, 0.15) is 39.7 Å². The lowest BCUT2D eigenvalue weighted by Crippen LogP contribution is -2.47. The fourth-order valence-electron chi connectivity index (χ4n) is 3.88. The molecule has 1 aliphatic rings. The lowest BCUT2D eigenvalue weighted by Gasteiger charge is -2.27. The third-order valence-corrected chi connectivity index (χ3v) is 6.79. The minimum absolute atomic E-state index is 0.0950. The van der Waals surface area contributed by atoms with E-state index >= 15 is 0 Å². The Morgan fingerprint density at radius 3 is 2.34 bits per heavy atom. The molecule has 0 aliphatic carbocycles. The maximum Gasteiger partial charge on any atom is 0.408 e. The maximum absolute atomic E-state index is 13.2. The molecule has 0 bridgehead atoms. The van der Waals surface area contributed by atoms with Crippen LogP contribution in [-0.2, 0) is 30.2 Å². The van der Waals surface area contributed by atoms with Gasteiger partial charge in [0.15, 0.2) is 5.41 Å². The molecule has 7 nitrogen and oxygen atoms in total. The zero-order valence-corrected chi connectivity index (χ0v) is 21.4. The minimum Gasteiger partial charge on any atom is -0.465 e. The first-order chi connectivity index (χ1) is 16.6. The van der Waals surface area contributed by atoms with Crippen LogP contribution in [0.15, 0.2) is 65.6 Å². The van der Waals surface area contributed by atoms with Crippen molar-refractivity contribution >= 4 is 29.8 Å². The summed E-state index contributed by atoms with van der Waals surface area (Å²) in [5, 5.41) is 2.87. The summed E-state index contributed by atoms with van der Waals surface area (Å²) < 4.78 is 16.5. The molecule has 1 saturated heterocycles. The van der Waals surface area contributed by atoms with Crippen molar-refractivity contribution in [2.75, 3.05) is 12.4 Å². The summed E-state index contributed by atoms with van der Waals surface area (Å²) in [7, 11) is 0. The molecule has 0 aromatic heterocycles. The Labute approximate surface area is 210 Å². The number of rotatable bonds is 9. The average molecular weight is 500 g/mol. The first-order valence-corrected chi connectivity index (χ1v) is 12.7. The van der Waals surface area contributed by atoms with Crippen LogP contribution < -0.4 is 5.32 Å². The molecule has 0 radical (unpaired) electrons. The van der Waals surface area contributed by atoms with Gasteiger partial charge >= 0.3 is 18.0 Å². The van der Waals surface area contributed by atoms with Gasteiger partial charge in [-0.05, 0) is 51.8 Å². The van der Waals surface area contributed by atoms with Crippen molar-refractivity contribution in [1.29, 1.82) is 0 Å². The van der Waals surface area contributed by atoms with Crippen LogP contribution in [0.5, 0.6) is 0 Å². The standard InChI is InChI=1S/C27H33NO6S/c1-5-32-23(29)27(18-35-20-14-10-7-11-15-20)17-22(33-24(27)30)21(16-19-12-8-6-9-13-19)28-25(31)34-26(2,3)4/h6-15,21-22H,5,16-18H2,1-4H3,(H,28,31). The van der Waals surface area contributed by atoms with E-state index in [1.807, 2.05) is 60.7 Å². The number of hydrogen-bond acceptors (Lipinski definition) is 7. The number of alkyl carbamates (subject to hydrolysis) is 1. The lowest BCUT2D eigenvalue weighted by atomic mass is 9.84. The van der Waals surface area contributed by atoms with Crippen molar-refractivity contribution in [2.45, 2.75) is 63.2 Å². The van der Waals surface area contributed by atoms with Crippen LogP contribution in [0.25, 0.3) is 0 Å². The maximum atomic E-state index is 13.2. The number of thioether (sulfide) groups is 1. The lowest BCUT2D eigenvalue weighted by molar-refractivity contribution is -0.163. The molecule has 1 heterocycles. The SMILES string of the molecule is CCOC(=O)C1(CSc2ccccc2)CC(C(Cc2ccccc2)NC(=O)OC(C)(C)C)OC1=O. The van der Waals surface area contributed by atoms with E-state index in [9.17, 15) is 14.4 Å². The predicted octanol–water partition coefficient (Wildman–Crippen LogP) is 4.78. The van der Waals surface area contributed by atoms with E-state index < -0.39 is 41.2 Å². The van der Waals surface area contributed by atoms with E-state index in [2.05, 4.69) is 5.32 Å². The fourth-order valence-corrected chi connectivity index (χ4v) is 5.00. The normalized spacial score (nSPS) is 20.6. The zero-order valence-electron chi connectivity index (χ0n) is 20.6. The Kier molecular flexibility index (Phi) is 8.83. The molecule has 3 rings (SSSR count). The van der Waals surface area contributed by atoms with E-state index in [0.717, 1.165) is 10.5 Å². The van der Waals surface area contributed by atoms with E-state index in [4.69, 9.17) is 14.2 Å². The van der Waals surface area contributed by atoms with Crippen LogP contribution in [-0.4, -0.2) is 48.1 Å². The van der Waals surface area contributed by atoms with Crippen LogP contribution >= 0.6 is 11.8 Å². The second kappa shape index (κ2) is 11.6. The van der Waals surface area contributed by atoms with Crippen molar-refractivity contribution in [3.8, 4) is 0 Å². The van der Waals surface area contributed by atoms with E-state index in [1.54, 1.807) is 27.7 Å². The molecule has 188 valence electrons. The number of nitrogens with one attached hydrogen (secondary N) is 1. The van der Waals surface area contributed by atoms with Crippen molar-refractivity contribution in [1.82, 2.24) is 5.32 Å². The highest BCUT2D eigenvalue weighted by Crippen LogP contribution is 2.41. The van der Waals surface area contributed by atoms with Crippen LogP contribution in [0.4, 0.5) is 4.79 Å². The number of carbonyl (C=O) groups excluding carboxylic acids is 3. The van der Waals surface area contributed by atoms with E-state index in [-0.39, 0.29) is 18.8 Å². The molecule has 1 aliphatic heterocycles. The van der Waals surface area contributed by atoms with Gasteiger partial charge in [0.05, 0.1) is 12.6 Å². The highest BCUT2D eigenvalue weighted by Gasteiger charge is 2.57. The molecule has 3 unspecified atom stereocenters. The molecule has 8 heteroatoms. The largest absolute Gasteiger partial charge is 0.465 e. The fraction of sp³-hybridized carbons (Fsp3) is 0.444. The molecule has 0 saturated carbocycles. The summed E-state index contributed by atoms with van der Waals surface area (Å²) in [4.78, 5) is 39.9. The number of cyclic esters (lactones) is 1. The first-order valence-electron chi connectivity index (χ1n) is 11.7. The number of hydrogen-bond donors (Lipinski definition) is 1. The van der Waals surface area contributed by atoms with Crippen LogP contribution in [0.3, 0.4) is 0 Å². The summed E-state index contributed by atoms with van der Waals surface area (Å²) in [6.07, 6.45) is -0.835. The predicted molar refractivity (Wildman–Crippen MR) is 134 cm³/mol. The zero-order chi connectivity index (χ0) is 25.5. The third-order valence-electron chi connectivity index (χ3n) is 5.54. The highest BCUT2D eigenvalue weighted by atomic mass is 32.2. The second-order valence-corrected chi connectivity index (χ2v) is 10.5. The van der Waals surface area contributed by atoms with Gasteiger partial charge in [-0.2, -0.15) is 0 Å². The van der Waals surface area contributed by atoms with E-state index in [0.29, 0.717) is 6.42 Å². The van der Waals surface area contributed by atoms with Crippen LogP contribution in [0.2, 0.25) is 0 Å². The topological polar surface area (TPSA) is 90.9 Å². The van der Waals surface area contributed by atoms with Gasteiger partial charge in [0.25, 0.3) is 0 Å². The monoisotopic (exact) mass is 499 g/mol.